The summed E-state index contributed by atoms with van der Waals surface area (Å²) in [5.74, 6) is -2.33. The smallest absolute Gasteiger partial charge is 0.289 e. The number of benzene rings is 1. The van der Waals surface area contributed by atoms with E-state index in [9.17, 15) is 13.6 Å². The van der Waals surface area contributed by atoms with Gasteiger partial charge in [-0.2, -0.15) is 8.78 Å². The summed E-state index contributed by atoms with van der Waals surface area (Å²) in [5.41, 5.74) is 0.358. The molecular formula is C12H12ClF2NOS. The zero-order valence-corrected chi connectivity index (χ0v) is 11.2. The number of hydrogen-bond acceptors (Lipinski definition) is 2. The van der Waals surface area contributed by atoms with Crippen LogP contribution in [0.15, 0.2) is 23.1 Å². The lowest BCUT2D eigenvalue weighted by molar-refractivity contribution is -0.117. The molecule has 0 heterocycles. The second-order valence-electron chi connectivity index (χ2n) is 4.30. The van der Waals surface area contributed by atoms with E-state index >= 15 is 0 Å². The number of carbonyl (C=O) groups excluding carboxylic acids is 1. The molecule has 0 aliphatic heterocycles. The summed E-state index contributed by atoms with van der Waals surface area (Å²) in [6, 6.07) is 4.74. The molecule has 2 nitrogen and oxygen atoms in total. The first-order valence-corrected chi connectivity index (χ1v) is 6.79. The third-order valence-corrected chi connectivity index (χ3v) is 4.16. The monoisotopic (exact) mass is 291 g/mol. The van der Waals surface area contributed by atoms with E-state index in [-0.39, 0.29) is 21.7 Å². The molecule has 2 unspecified atom stereocenters. The molecule has 1 fully saturated rings. The highest BCUT2D eigenvalue weighted by Crippen LogP contribution is 2.41. The van der Waals surface area contributed by atoms with Gasteiger partial charge in [-0.05, 0) is 24.5 Å². The fraction of sp³-hybridized carbons (Fsp3) is 0.417. The molecule has 1 N–H and O–H groups in total. The molecule has 18 heavy (non-hydrogen) atoms. The number of halogens is 3. The minimum absolute atomic E-state index is 0.00613. The average Bonchev–Trinajstić information content (AvgIpc) is 3.00. The van der Waals surface area contributed by atoms with Gasteiger partial charge in [0.1, 0.15) is 0 Å². The van der Waals surface area contributed by atoms with Crippen LogP contribution in [-0.4, -0.2) is 11.7 Å². The van der Waals surface area contributed by atoms with E-state index in [1.54, 1.807) is 12.1 Å². The van der Waals surface area contributed by atoms with Crippen LogP contribution in [0.5, 0.6) is 0 Å². The first-order chi connectivity index (χ1) is 8.49. The van der Waals surface area contributed by atoms with Gasteiger partial charge >= 0.3 is 0 Å². The molecule has 98 valence electrons. The Morgan fingerprint density at radius 2 is 2.22 bits per heavy atom. The number of alkyl halides is 2. The summed E-state index contributed by atoms with van der Waals surface area (Å²) in [7, 11) is 0. The van der Waals surface area contributed by atoms with Crippen molar-refractivity contribution in [1.82, 2.24) is 0 Å². The Bertz CT molecular complexity index is 469. The minimum Gasteiger partial charge on any atom is -0.325 e. The van der Waals surface area contributed by atoms with Gasteiger partial charge in [-0.3, -0.25) is 4.79 Å². The van der Waals surface area contributed by atoms with Gasteiger partial charge in [0.2, 0.25) is 5.91 Å². The highest BCUT2D eigenvalue weighted by Gasteiger charge is 2.39. The Morgan fingerprint density at radius 3 is 2.78 bits per heavy atom. The van der Waals surface area contributed by atoms with Gasteiger partial charge in [0.15, 0.2) is 0 Å². The normalized spacial score (nSPS) is 22.1. The number of amides is 1. The zero-order valence-electron chi connectivity index (χ0n) is 9.62. The van der Waals surface area contributed by atoms with Crippen LogP contribution in [0.3, 0.4) is 0 Å². The highest BCUT2D eigenvalue weighted by atomic mass is 35.5. The van der Waals surface area contributed by atoms with Gasteiger partial charge in [-0.1, -0.05) is 36.4 Å². The van der Waals surface area contributed by atoms with Crippen molar-refractivity contribution in [2.24, 2.45) is 11.8 Å². The summed E-state index contributed by atoms with van der Waals surface area (Å²) < 4.78 is 24.9. The summed E-state index contributed by atoms with van der Waals surface area (Å²) in [5, 5.41) is 2.90. The van der Waals surface area contributed by atoms with Crippen LogP contribution >= 0.6 is 23.4 Å². The maximum atomic E-state index is 12.4. The molecule has 0 saturated heterocycles. The van der Waals surface area contributed by atoms with Crippen molar-refractivity contribution in [2.45, 2.75) is 24.0 Å². The molecular weight excluding hydrogens is 280 g/mol. The van der Waals surface area contributed by atoms with Crippen molar-refractivity contribution < 1.29 is 13.6 Å². The van der Waals surface area contributed by atoms with Crippen LogP contribution in [0, 0.1) is 11.8 Å². The third-order valence-electron chi connectivity index (χ3n) is 2.88. The highest BCUT2D eigenvalue weighted by molar-refractivity contribution is 7.99. The Morgan fingerprint density at radius 1 is 1.56 bits per heavy atom. The summed E-state index contributed by atoms with van der Waals surface area (Å²) >= 11 is 6.22. The van der Waals surface area contributed by atoms with Crippen molar-refractivity contribution >= 4 is 35.0 Å². The lowest BCUT2D eigenvalue weighted by atomic mass is 10.2. The van der Waals surface area contributed by atoms with Gasteiger partial charge in [0.25, 0.3) is 5.76 Å². The van der Waals surface area contributed by atoms with Crippen molar-refractivity contribution in [1.29, 1.82) is 0 Å². The number of anilines is 1. The second kappa shape index (κ2) is 5.45. The van der Waals surface area contributed by atoms with E-state index in [4.69, 9.17) is 11.6 Å². The molecule has 1 aliphatic rings. The van der Waals surface area contributed by atoms with Gasteiger partial charge in [0, 0.05) is 5.92 Å². The van der Waals surface area contributed by atoms with E-state index in [1.807, 2.05) is 6.92 Å². The number of nitrogens with one attached hydrogen (secondary N) is 1. The predicted octanol–water partition coefficient (Wildman–Crippen LogP) is 4.25. The lowest BCUT2D eigenvalue weighted by Crippen LogP contribution is -2.15. The van der Waals surface area contributed by atoms with Crippen LogP contribution in [0.1, 0.15) is 13.3 Å². The van der Waals surface area contributed by atoms with E-state index < -0.39 is 5.76 Å². The SMILES string of the molecule is CC1CC1C(=O)Nc1cccc(Cl)c1SC(F)F. The van der Waals surface area contributed by atoms with Crippen LogP contribution in [0.4, 0.5) is 14.5 Å². The van der Waals surface area contributed by atoms with Gasteiger partial charge in [-0.15, -0.1) is 0 Å². The summed E-state index contributed by atoms with van der Waals surface area (Å²) in [6.07, 6.45) is 0.851. The molecule has 2 rings (SSSR count). The first kappa shape index (κ1) is 13.6. The molecule has 0 radical (unpaired) electrons. The molecule has 1 aromatic carbocycles. The van der Waals surface area contributed by atoms with Crippen LogP contribution in [0.2, 0.25) is 5.02 Å². The molecule has 1 aliphatic carbocycles. The molecule has 1 saturated carbocycles. The fourth-order valence-corrected chi connectivity index (χ4v) is 2.64. The maximum Gasteiger partial charge on any atom is 0.289 e. The molecule has 0 bridgehead atoms. The zero-order chi connectivity index (χ0) is 13.3. The predicted molar refractivity (Wildman–Crippen MR) is 69.2 cm³/mol. The third kappa shape index (κ3) is 3.14. The van der Waals surface area contributed by atoms with Crippen LogP contribution < -0.4 is 5.32 Å². The molecule has 0 aromatic heterocycles. The quantitative estimate of drug-likeness (QED) is 0.840. The Hall–Kier alpha value is -0.810. The van der Waals surface area contributed by atoms with Crippen LogP contribution in [0.25, 0.3) is 0 Å². The van der Waals surface area contributed by atoms with E-state index in [2.05, 4.69) is 5.32 Å². The van der Waals surface area contributed by atoms with E-state index in [0.29, 0.717) is 23.4 Å². The largest absolute Gasteiger partial charge is 0.325 e. The average molecular weight is 292 g/mol. The molecule has 6 heteroatoms. The number of thioether (sulfide) groups is 1. The molecule has 1 amide bonds. The number of carbonyl (C=O) groups is 1. The van der Waals surface area contributed by atoms with Gasteiger partial charge in [0.05, 0.1) is 15.6 Å². The number of rotatable bonds is 4. The van der Waals surface area contributed by atoms with Crippen molar-refractivity contribution in [3.05, 3.63) is 23.2 Å². The van der Waals surface area contributed by atoms with Crippen molar-refractivity contribution in [3.8, 4) is 0 Å². The lowest BCUT2D eigenvalue weighted by Gasteiger charge is -2.11. The fourth-order valence-electron chi connectivity index (χ4n) is 1.73. The van der Waals surface area contributed by atoms with Crippen molar-refractivity contribution in [2.75, 3.05) is 5.32 Å². The molecule has 1 aromatic rings. The molecule has 0 spiro atoms. The molecule has 2 atom stereocenters. The summed E-state index contributed by atoms with van der Waals surface area (Å²) in [6.45, 7) is 1.98. The van der Waals surface area contributed by atoms with Crippen molar-refractivity contribution in [3.63, 3.8) is 0 Å². The Labute approximate surface area is 113 Å². The first-order valence-electron chi connectivity index (χ1n) is 5.53. The second-order valence-corrected chi connectivity index (χ2v) is 5.71. The van der Waals surface area contributed by atoms with Gasteiger partial charge in [-0.25, -0.2) is 0 Å². The summed E-state index contributed by atoms with van der Waals surface area (Å²) in [4.78, 5) is 12.0. The van der Waals surface area contributed by atoms with Gasteiger partial charge < -0.3 is 5.32 Å². The van der Waals surface area contributed by atoms with E-state index in [1.165, 1.54) is 6.07 Å². The maximum absolute atomic E-state index is 12.4. The Balaban J connectivity index is 2.16. The number of hydrogen-bond donors (Lipinski definition) is 1. The van der Waals surface area contributed by atoms with E-state index in [0.717, 1.165) is 6.42 Å². The topological polar surface area (TPSA) is 29.1 Å². The standard InChI is InChI=1S/C12H12ClF2NOS/c1-6-5-7(6)11(17)16-9-4-2-3-8(13)10(9)18-12(14)15/h2-4,6-7,12H,5H2,1H3,(H,16,17). The minimum atomic E-state index is -2.57. The van der Waals surface area contributed by atoms with Crippen LogP contribution in [-0.2, 0) is 4.79 Å². The Kier molecular flexibility index (Phi) is 4.12.